The molecule has 0 aromatic heterocycles. The fourth-order valence-corrected chi connectivity index (χ4v) is 3.89. The van der Waals surface area contributed by atoms with Crippen LogP contribution in [-0.4, -0.2) is 38.8 Å². The summed E-state index contributed by atoms with van der Waals surface area (Å²) in [5.74, 6) is -2.10. The molecule has 1 aliphatic heterocycles. The van der Waals surface area contributed by atoms with Crippen LogP contribution in [-0.2, 0) is 16.1 Å². The number of hydrazine groups is 1. The van der Waals surface area contributed by atoms with Gasteiger partial charge in [0.25, 0.3) is 11.8 Å². The molecule has 3 aromatic rings. The molecule has 0 saturated carbocycles. The number of para-hydroxylation sites is 1. The summed E-state index contributed by atoms with van der Waals surface area (Å²) in [4.78, 5) is 40.1. The van der Waals surface area contributed by atoms with Gasteiger partial charge in [-0.1, -0.05) is 60.7 Å². The Morgan fingerprint density at radius 3 is 2.21 bits per heavy atom. The van der Waals surface area contributed by atoms with Crippen molar-refractivity contribution in [2.75, 3.05) is 5.32 Å². The second-order valence-electron chi connectivity index (χ2n) is 7.62. The molecule has 0 bridgehead atoms. The number of hydrogen-bond acceptors (Lipinski definition) is 4. The lowest BCUT2D eigenvalue weighted by Gasteiger charge is -2.24. The van der Waals surface area contributed by atoms with E-state index in [4.69, 9.17) is 12.2 Å². The predicted octanol–water partition coefficient (Wildman–Crippen LogP) is 3.50. The molecule has 172 valence electrons. The number of carbonyl (C=O) groups excluding carboxylic acids is 3. The SMILES string of the molecule is O=C(CC1C(=O)N(Cc2ccccc2)C(=S)N1NC(=O)c1ccccc1)Nc1ccccc1F. The largest absolute Gasteiger partial charge is 0.324 e. The monoisotopic (exact) mass is 476 g/mol. The first-order valence-electron chi connectivity index (χ1n) is 10.5. The van der Waals surface area contributed by atoms with Crippen LogP contribution in [0.5, 0.6) is 0 Å². The maximum Gasteiger partial charge on any atom is 0.269 e. The van der Waals surface area contributed by atoms with E-state index in [0.717, 1.165) is 5.56 Å². The summed E-state index contributed by atoms with van der Waals surface area (Å²) < 4.78 is 14.0. The molecule has 0 radical (unpaired) electrons. The van der Waals surface area contributed by atoms with E-state index in [9.17, 15) is 18.8 Å². The van der Waals surface area contributed by atoms with E-state index in [1.165, 1.54) is 28.1 Å². The number of rotatable bonds is 7. The Morgan fingerprint density at radius 1 is 0.912 bits per heavy atom. The highest BCUT2D eigenvalue weighted by atomic mass is 32.1. The van der Waals surface area contributed by atoms with Gasteiger partial charge in [-0.05, 0) is 42.0 Å². The number of nitrogens with one attached hydrogen (secondary N) is 2. The molecule has 3 amide bonds. The van der Waals surface area contributed by atoms with Gasteiger partial charge in [-0.25, -0.2) is 9.40 Å². The van der Waals surface area contributed by atoms with Crippen molar-refractivity contribution in [2.24, 2.45) is 0 Å². The topological polar surface area (TPSA) is 81.8 Å². The number of benzene rings is 3. The highest BCUT2D eigenvalue weighted by Gasteiger charge is 2.44. The molecule has 1 aliphatic rings. The third kappa shape index (κ3) is 5.10. The first-order valence-corrected chi connectivity index (χ1v) is 10.9. The van der Waals surface area contributed by atoms with Gasteiger partial charge in [-0.15, -0.1) is 0 Å². The molecular weight excluding hydrogens is 455 g/mol. The van der Waals surface area contributed by atoms with Crippen molar-refractivity contribution < 1.29 is 18.8 Å². The van der Waals surface area contributed by atoms with Gasteiger partial charge in [0.1, 0.15) is 11.9 Å². The fourth-order valence-electron chi connectivity index (χ4n) is 3.57. The van der Waals surface area contributed by atoms with Crippen molar-refractivity contribution in [2.45, 2.75) is 19.0 Å². The smallest absolute Gasteiger partial charge is 0.269 e. The summed E-state index contributed by atoms with van der Waals surface area (Å²) in [5, 5.41) is 3.78. The van der Waals surface area contributed by atoms with Crippen molar-refractivity contribution in [3.63, 3.8) is 0 Å². The van der Waals surface area contributed by atoms with Crippen LogP contribution in [0.3, 0.4) is 0 Å². The number of nitrogens with zero attached hydrogens (tertiary/aromatic N) is 2. The van der Waals surface area contributed by atoms with E-state index in [-0.39, 0.29) is 23.8 Å². The summed E-state index contributed by atoms with van der Waals surface area (Å²) in [5.41, 5.74) is 3.87. The quantitative estimate of drug-likeness (QED) is 0.510. The van der Waals surface area contributed by atoms with Gasteiger partial charge in [-0.2, -0.15) is 0 Å². The zero-order valence-corrected chi connectivity index (χ0v) is 18.8. The van der Waals surface area contributed by atoms with Gasteiger partial charge in [0.05, 0.1) is 18.7 Å². The maximum absolute atomic E-state index is 14.0. The highest BCUT2D eigenvalue weighted by molar-refractivity contribution is 7.80. The average Bonchev–Trinajstić information content (AvgIpc) is 3.06. The predicted molar refractivity (Wildman–Crippen MR) is 129 cm³/mol. The van der Waals surface area contributed by atoms with Gasteiger partial charge < -0.3 is 5.32 Å². The lowest BCUT2D eigenvalue weighted by Crippen LogP contribution is -2.49. The van der Waals surface area contributed by atoms with Crippen molar-refractivity contribution in [3.05, 3.63) is 102 Å². The van der Waals surface area contributed by atoms with Crippen LogP contribution in [0.1, 0.15) is 22.3 Å². The molecule has 4 rings (SSSR count). The van der Waals surface area contributed by atoms with Gasteiger partial charge in [0.15, 0.2) is 5.11 Å². The molecule has 0 aliphatic carbocycles. The molecular formula is C25H21FN4O3S. The number of carbonyl (C=O) groups is 3. The molecule has 3 aromatic carbocycles. The normalized spacial score (nSPS) is 15.4. The summed E-state index contributed by atoms with van der Waals surface area (Å²) in [6, 6.07) is 22.3. The van der Waals surface area contributed by atoms with Crippen molar-refractivity contribution >= 4 is 40.7 Å². The Hall–Kier alpha value is -4.11. The van der Waals surface area contributed by atoms with Crippen LogP contribution >= 0.6 is 12.2 Å². The first kappa shape index (κ1) is 23.1. The second kappa shape index (κ2) is 10.2. The zero-order valence-electron chi connectivity index (χ0n) is 18.0. The Labute approximate surface area is 201 Å². The number of anilines is 1. The summed E-state index contributed by atoms with van der Waals surface area (Å²) in [6.07, 6.45) is -0.340. The van der Waals surface area contributed by atoms with Crippen LogP contribution in [0.4, 0.5) is 10.1 Å². The standard InChI is InChI=1S/C25H21FN4O3S/c26-19-13-7-8-14-20(19)27-22(31)15-21-24(33)29(16-17-9-3-1-4-10-17)25(34)30(21)28-23(32)18-11-5-2-6-12-18/h1-14,21H,15-16H2,(H,27,31)(H,28,32). The molecule has 7 nitrogen and oxygen atoms in total. The molecule has 1 unspecified atom stereocenters. The Bertz CT molecular complexity index is 1220. The lowest BCUT2D eigenvalue weighted by molar-refractivity contribution is -0.131. The third-order valence-electron chi connectivity index (χ3n) is 5.27. The molecule has 1 heterocycles. The maximum atomic E-state index is 14.0. The molecule has 34 heavy (non-hydrogen) atoms. The van der Waals surface area contributed by atoms with Gasteiger partial charge in [0.2, 0.25) is 5.91 Å². The van der Waals surface area contributed by atoms with Crippen LogP contribution < -0.4 is 10.7 Å². The summed E-state index contributed by atoms with van der Waals surface area (Å²) >= 11 is 5.51. The van der Waals surface area contributed by atoms with E-state index in [2.05, 4.69) is 10.7 Å². The minimum absolute atomic E-state index is 0.00142. The molecule has 0 spiro atoms. The van der Waals surface area contributed by atoms with Crippen molar-refractivity contribution in [1.82, 2.24) is 15.3 Å². The van der Waals surface area contributed by atoms with Crippen LogP contribution in [0, 0.1) is 5.82 Å². The van der Waals surface area contributed by atoms with E-state index in [1.807, 2.05) is 30.3 Å². The highest BCUT2D eigenvalue weighted by Crippen LogP contribution is 2.23. The van der Waals surface area contributed by atoms with Crippen LogP contribution in [0.2, 0.25) is 0 Å². The van der Waals surface area contributed by atoms with E-state index in [0.29, 0.717) is 5.56 Å². The molecule has 1 saturated heterocycles. The molecule has 1 atom stereocenters. The molecule has 1 fully saturated rings. The van der Waals surface area contributed by atoms with E-state index in [1.54, 1.807) is 36.4 Å². The first-order chi connectivity index (χ1) is 16.4. The second-order valence-corrected chi connectivity index (χ2v) is 7.98. The van der Waals surface area contributed by atoms with Gasteiger partial charge >= 0.3 is 0 Å². The van der Waals surface area contributed by atoms with Crippen LogP contribution in [0.15, 0.2) is 84.9 Å². The van der Waals surface area contributed by atoms with Crippen molar-refractivity contribution in [1.29, 1.82) is 0 Å². The van der Waals surface area contributed by atoms with Crippen molar-refractivity contribution in [3.8, 4) is 0 Å². The molecule has 2 N–H and O–H groups in total. The zero-order chi connectivity index (χ0) is 24.1. The number of halogens is 1. The number of hydrogen-bond donors (Lipinski definition) is 2. The number of amides is 3. The Kier molecular flexibility index (Phi) is 6.93. The fraction of sp³-hybridized carbons (Fsp3) is 0.120. The van der Waals surface area contributed by atoms with E-state index >= 15 is 0 Å². The Morgan fingerprint density at radius 2 is 1.53 bits per heavy atom. The van der Waals surface area contributed by atoms with E-state index < -0.39 is 29.6 Å². The Balaban J connectivity index is 1.56. The van der Waals surface area contributed by atoms with Crippen LogP contribution in [0.25, 0.3) is 0 Å². The minimum Gasteiger partial charge on any atom is -0.324 e. The summed E-state index contributed by atoms with van der Waals surface area (Å²) in [6.45, 7) is 0.182. The minimum atomic E-state index is -1.09. The average molecular weight is 477 g/mol. The third-order valence-corrected chi connectivity index (χ3v) is 5.69. The molecule has 9 heteroatoms. The van der Waals surface area contributed by atoms with Gasteiger partial charge in [-0.3, -0.25) is 24.7 Å². The summed E-state index contributed by atoms with van der Waals surface area (Å²) in [7, 11) is 0. The number of thiocarbonyl (C=S) groups is 1. The lowest BCUT2D eigenvalue weighted by atomic mass is 10.1. The van der Waals surface area contributed by atoms with Gasteiger partial charge in [0, 0.05) is 5.56 Å².